The van der Waals surface area contributed by atoms with Crippen LogP contribution < -0.4 is 15.4 Å². The van der Waals surface area contributed by atoms with E-state index in [1.165, 1.54) is 0 Å². The number of methoxy groups -OCH3 is 1. The molecule has 7 heteroatoms. The molecule has 0 saturated carbocycles. The molecule has 2 rings (SSSR count). The fourth-order valence-electron chi connectivity index (χ4n) is 2.24. The van der Waals surface area contributed by atoms with Gasteiger partial charge in [0.1, 0.15) is 5.75 Å². The number of carbonyl (C=O) groups is 2. The first-order chi connectivity index (χ1) is 12.5. The second kappa shape index (κ2) is 9.79. The number of hydrogen-bond donors (Lipinski definition) is 2. The van der Waals surface area contributed by atoms with Crippen LogP contribution in [0.4, 0.5) is 5.69 Å². The van der Waals surface area contributed by atoms with Crippen LogP contribution in [0.2, 0.25) is 5.02 Å². The molecule has 0 spiro atoms. The highest BCUT2D eigenvalue weighted by molar-refractivity contribution is 6.30. The van der Waals surface area contributed by atoms with E-state index in [9.17, 15) is 9.59 Å². The molecule has 2 aromatic carbocycles. The summed E-state index contributed by atoms with van der Waals surface area (Å²) in [5.74, 6) is 0.0144. The highest BCUT2D eigenvalue weighted by Gasteiger charge is 2.13. The van der Waals surface area contributed by atoms with E-state index in [2.05, 4.69) is 10.6 Å². The van der Waals surface area contributed by atoms with Gasteiger partial charge in [-0.05, 0) is 48.9 Å². The van der Waals surface area contributed by atoms with Gasteiger partial charge >= 0.3 is 0 Å². The van der Waals surface area contributed by atoms with Crippen LogP contribution in [0.3, 0.4) is 0 Å². The van der Waals surface area contributed by atoms with E-state index >= 15 is 0 Å². The van der Waals surface area contributed by atoms with Crippen molar-refractivity contribution >= 4 is 29.1 Å². The topological polar surface area (TPSA) is 76.7 Å². The van der Waals surface area contributed by atoms with Crippen LogP contribution in [0.25, 0.3) is 0 Å². The summed E-state index contributed by atoms with van der Waals surface area (Å²) < 4.78 is 10.3. The van der Waals surface area contributed by atoms with Crippen LogP contribution in [0.1, 0.15) is 15.9 Å². The van der Waals surface area contributed by atoms with E-state index < -0.39 is 0 Å². The number of amides is 2. The maximum atomic E-state index is 12.2. The van der Waals surface area contributed by atoms with Gasteiger partial charge in [-0.3, -0.25) is 9.59 Å². The smallest absolute Gasteiger partial charge is 0.262 e. The Bertz CT molecular complexity index is 763. The molecule has 2 aromatic rings. The van der Waals surface area contributed by atoms with Crippen molar-refractivity contribution in [1.82, 2.24) is 5.32 Å². The summed E-state index contributed by atoms with van der Waals surface area (Å²) in [6.45, 7) is 2.48. The van der Waals surface area contributed by atoms with Gasteiger partial charge in [-0.2, -0.15) is 0 Å². The molecule has 0 saturated heterocycles. The predicted octanol–water partition coefficient (Wildman–Crippen LogP) is 3.04. The zero-order valence-electron chi connectivity index (χ0n) is 14.7. The van der Waals surface area contributed by atoms with Crippen LogP contribution in [0, 0.1) is 6.92 Å². The Hall–Kier alpha value is -2.57. The van der Waals surface area contributed by atoms with Gasteiger partial charge in [0.2, 0.25) is 0 Å². The van der Waals surface area contributed by atoms with Gasteiger partial charge in [-0.25, -0.2) is 0 Å². The van der Waals surface area contributed by atoms with Gasteiger partial charge in [-0.1, -0.05) is 17.7 Å². The lowest BCUT2D eigenvalue weighted by molar-refractivity contribution is -0.118. The number of benzene rings is 2. The summed E-state index contributed by atoms with van der Waals surface area (Å²) in [4.78, 5) is 24.3. The maximum absolute atomic E-state index is 12.2. The van der Waals surface area contributed by atoms with Crippen LogP contribution in [-0.2, 0) is 9.53 Å². The zero-order chi connectivity index (χ0) is 18.9. The minimum absolute atomic E-state index is 0.147. The van der Waals surface area contributed by atoms with E-state index in [1.54, 1.807) is 56.5 Å². The zero-order valence-corrected chi connectivity index (χ0v) is 15.4. The molecule has 0 fully saturated rings. The molecule has 6 nitrogen and oxygen atoms in total. The lowest BCUT2D eigenvalue weighted by atomic mass is 10.1. The van der Waals surface area contributed by atoms with Crippen molar-refractivity contribution in [2.75, 3.05) is 32.2 Å². The second-order valence-electron chi connectivity index (χ2n) is 5.52. The standard InChI is InChI=1S/C19H21ClN2O4/c1-13-16(19(24)21-10-11-25-2)4-3-5-17(13)22-18(23)12-26-15-8-6-14(20)7-9-15/h3-9H,10-12H2,1-2H3,(H,21,24)(H,22,23). The number of anilines is 1. The van der Waals surface area contributed by atoms with Crippen molar-refractivity contribution < 1.29 is 19.1 Å². The van der Waals surface area contributed by atoms with Gasteiger partial charge in [0.15, 0.2) is 6.61 Å². The van der Waals surface area contributed by atoms with Crippen LogP contribution in [0.15, 0.2) is 42.5 Å². The van der Waals surface area contributed by atoms with Crippen molar-refractivity contribution in [3.05, 3.63) is 58.6 Å². The third-order valence-electron chi connectivity index (χ3n) is 3.63. The minimum atomic E-state index is -0.319. The first-order valence-electron chi connectivity index (χ1n) is 8.06. The third-order valence-corrected chi connectivity index (χ3v) is 3.88. The number of hydrogen-bond acceptors (Lipinski definition) is 4. The molecule has 26 heavy (non-hydrogen) atoms. The van der Waals surface area contributed by atoms with Gasteiger partial charge in [-0.15, -0.1) is 0 Å². The maximum Gasteiger partial charge on any atom is 0.262 e. The normalized spacial score (nSPS) is 10.3. The monoisotopic (exact) mass is 376 g/mol. The lowest BCUT2D eigenvalue weighted by Crippen LogP contribution is -2.28. The molecule has 0 unspecified atom stereocenters. The van der Waals surface area contributed by atoms with Crippen molar-refractivity contribution in [3.8, 4) is 5.75 Å². The number of halogens is 1. The Balaban J connectivity index is 1.95. The SMILES string of the molecule is COCCNC(=O)c1cccc(NC(=O)COc2ccc(Cl)cc2)c1C. The molecule has 2 amide bonds. The van der Waals surface area contributed by atoms with Gasteiger partial charge in [0, 0.05) is 29.9 Å². The van der Waals surface area contributed by atoms with E-state index in [-0.39, 0.29) is 18.4 Å². The fraction of sp³-hybridized carbons (Fsp3) is 0.263. The number of rotatable bonds is 8. The highest BCUT2D eigenvalue weighted by Crippen LogP contribution is 2.19. The molecule has 0 radical (unpaired) electrons. The molecule has 0 aliphatic carbocycles. The van der Waals surface area contributed by atoms with E-state index in [0.717, 1.165) is 0 Å². The Morgan fingerprint density at radius 2 is 1.85 bits per heavy atom. The number of nitrogens with one attached hydrogen (secondary N) is 2. The Morgan fingerprint density at radius 3 is 2.54 bits per heavy atom. The highest BCUT2D eigenvalue weighted by atomic mass is 35.5. The summed E-state index contributed by atoms with van der Waals surface area (Å²) in [5, 5.41) is 6.12. The van der Waals surface area contributed by atoms with E-state index in [1.807, 2.05) is 0 Å². The lowest BCUT2D eigenvalue weighted by Gasteiger charge is -2.13. The summed E-state index contributed by atoms with van der Waals surface area (Å²) in [6, 6.07) is 11.9. The summed E-state index contributed by atoms with van der Waals surface area (Å²) in [5.41, 5.74) is 1.74. The second-order valence-corrected chi connectivity index (χ2v) is 5.95. The number of carbonyl (C=O) groups excluding carboxylic acids is 2. The average molecular weight is 377 g/mol. The van der Waals surface area contributed by atoms with E-state index in [0.29, 0.717) is 40.7 Å². The quantitative estimate of drug-likeness (QED) is 0.694. The summed E-state index contributed by atoms with van der Waals surface area (Å²) in [7, 11) is 1.57. The van der Waals surface area contributed by atoms with Crippen LogP contribution >= 0.6 is 11.6 Å². The van der Waals surface area contributed by atoms with Gasteiger partial charge < -0.3 is 20.1 Å². The molecule has 0 atom stereocenters. The molecule has 2 N–H and O–H groups in total. The minimum Gasteiger partial charge on any atom is -0.484 e. The molecular weight excluding hydrogens is 356 g/mol. The summed E-state index contributed by atoms with van der Waals surface area (Å²) in [6.07, 6.45) is 0. The van der Waals surface area contributed by atoms with Crippen molar-refractivity contribution in [2.45, 2.75) is 6.92 Å². The first-order valence-corrected chi connectivity index (χ1v) is 8.44. The van der Waals surface area contributed by atoms with Gasteiger partial charge in [0.05, 0.1) is 6.61 Å². The first kappa shape index (κ1) is 19.8. The molecule has 0 bridgehead atoms. The van der Waals surface area contributed by atoms with Crippen molar-refractivity contribution in [1.29, 1.82) is 0 Å². The predicted molar refractivity (Wildman–Crippen MR) is 101 cm³/mol. The number of ether oxygens (including phenoxy) is 2. The molecule has 0 aliphatic heterocycles. The molecule has 0 aromatic heterocycles. The average Bonchev–Trinajstić information content (AvgIpc) is 2.63. The Morgan fingerprint density at radius 1 is 1.12 bits per heavy atom. The molecule has 0 aliphatic rings. The largest absolute Gasteiger partial charge is 0.484 e. The van der Waals surface area contributed by atoms with E-state index in [4.69, 9.17) is 21.1 Å². The summed E-state index contributed by atoms with van der Waals surface area (Å²) >= 11 is 5.80. The van der Waals surface area contributed by atoms with Crippen LogP contribution in [-0.4, -0.2) is 38.7 Å². The fourth-order valence-corrected chi connectivity index (χ4v) is 2.37. The van der Waals surface area contributed by atoms with Crippen molar-refractivity contribution in [3.63, 3.8) is 0 Å². The van der Waals surface area contributed by atoms with Crippen LogP contribution in [0.5, 0.6) is 5.75 Å². The van der Waals surface area contributed by atoms with Crippen molar-refractivity contribution in [2.24, 2.45) is 0 Å². The Labute approximate surface area is 157 Å². The van der Waals surface area contributed by atoms with Gasteiger partial charge in [0.25, 0.3) is 11.8 Å². The molecule has 138 valence electrons. The molecule has 0 heterocycles. The Kier molecular flexibility index (Phi) is 7.44. The molecular formula is C19H21ClN2O4. The third kappa shape index (κ3) is 5.75.